The van der Waals surface area contributed by atoms with E-state index >= 15 is 0 Å². The molecule has 34 heavy (non-hydrogen) atoms. The summed E-state index contributed by atoms with van der Waals surface area (Å²) in [6.07, 6.45) is 3.20. The van der Waals surface area contributed by atoms with Gasteiger partial charge in [-0.2, -0.15) is 5.10 Å². The van der Waals surface area contributed by atoms with Crippen LogP contribution in [0.2, 0.25) is 0 Å². The van der Waals surface area contributed by atoms with Crippen LogP contribution in [-0.2, 0) is 6.54 Å². The summed E-state index contributed by atoms with van der Waals surface area (Å²) < 4.78 is 1.73. The average molecular weight is 471 g/mol. The fourth-order valence-corrected chi connectivity index (χ4v) is 5.25. The maximum Gasteiger partial charge on any atom is 0.260 e. The van der Waals surface area contributed by atoms with E-state index in [1.165, 1.54) is 17.5 Å². The number of aromatic nitrogens is 5. The molecule has 0 aliphatic carbocycles. The number of rotatable bonds is 6. The van der Waals surface area contributed by atoms with Crippen molar-refractivity contribution < 1.29 is 0 Å². The van der Waals surface area contributed by atoms with Crippen molar-refractivity contribution in [2.24, 2.45) is 0 Å². The Balaban J connectivity index is 1.39. The highest BCUT2D eigenvalue weighted by Crippen LogP contribution is 2.35. The second kappa shape index (κ2) is 8.96. The van der Waals surface area contributed by atoms with Crippen molar-refractivity contribution in [2.45, 2.75) is 33.4 Å². The average Bonchev–Trinajstić information content (AvgIpc) is 3.47. The molecule has 0 saturated carbocycles. The molecule has 0 aliphatic rings. The first-order valence-electron chi connectivity index (χ1n) is 11.1. The second-order valence-corrected chi connectivity index (χ2v) is 9.82. The van der Waals surface area contributed by atoms with Crippen LogP contribution in [0.25, 0.3) is 27.0 Å². The van der Waals surface area contributed by atoms with Crippen molar-refractivity contribution in [2.75, 3.05) is 7.05 Å². The lowest BCUT2D eigenvalue weighted by atomic mass is 10.0. The molecule has 1 unspecified atom stereocenters. The molecule has 0 aliphatic heterocycles. The minimum atomic E-state index is -0.0850. The summed E-state index contributed by atoms with van der Waals surface area (Å²) >= 11 is 1.58. The largest absolute Gasteiger partial charge is 0.309 e. The van der Waals surface area contributed by atoms with Crippen LogP contribution in [0.15, 0.2) is 66.0 Å². The van der Waals surface area contributed by atoms with E-state index < -0.39 is 0 Å². The van der Waals surface area contributed by atoms with Gasteiger partial charge in [0.2, 0.25) is 0 Å². The Bertz CT molecular complexity index is 1480. The topological polar surface area (TPSA) is 79.7 Å². The summed E-state index contributed by atoms with van der Waals surface area (Å²) in [6.45, 7) is 6.80. The number of hydrogen-bond donors (Lipinski definition) is 1. The predicted octanol–water partition coefficient (Wildman–Crippen LogP) is 5.04. The number of nitrogens with zero attached hydrogens (tertiary/aromatic N) is 5. The van der Waals surface area contributed by atoms with Crippen molar-refractivity contribution >= 4 is 21.6 Å². The molecule has 0 fully saturated rings. The summed E-state index contributed by atoms with van der Waals surface area (Å²) in [5.41, 5.74) is 5.27. The zero-order chi connectivity index (χ0) is 23.8. The second-order valence-electron chi connectivity index (χ2n) is 8.61. The molecule has 0 amide bonds. The number of benzene rings is 2. The van der Waals surface area contributed by atoms with Gasteiger partial charge in [-0.15, -0.1) is 11.3 Å². The van der Waals surface area contributed by atoms with Crippen LogP contribution in [0.3, 0.4) is 0 Å². The summed E-state index contributed by atoms with van der Waals surface area (Å²) in [7, 11) is 2.04. The third-order valence-electron chi connectivity index (χ3n) is 6.25. The molecule has 2 aromatic carbocycles. The summed E-state index contributed by atoms with van der Waals surface area (Å²) in [4.78, 5) is 29.0. The third-order valence-corrected chi connectivity index (χ3v) is 7.25. The van der Waals surface area contributed by atoms with Crippen molar-refractivity contribution in [1.29, 1.82) is 0 Å². The lowest BCUT2D eigenvalue weighted by Crippen LogP contribution is -2.25. The molecule has 3 aromatic heterocycles. The normalized spacial score (nSPS) is 12.5. The van der Waals surface area contributed by atoms with Gasteiger partial charge in [-0.1, -0.05) is 42.0 Å². The van der Waals surface area contributed by atoms with Gasteiger partial charge in [0.05, 0.1) is 17.6 Å². The van der Waals surface area contributed by atoms with E-state index in [-0.39, 0.29) is 11.6 Å². The molecule has 1 N–H and O–H groups in total. The van der Waals surface area contributed by atoms with Gasteiger partial charge in [0.25, 0.3) is 5.56 Å². The fraction of sp³-hybridized carbons (Fsp3) is 0.231. The van der Waals surface area contributed by atoms with E-state index in [2.05, 4.69) is 77.1 Å². The summed E-state index contributed by atoms with van der Waals surface area (Å²) in [5.74, 6) is 0.669. The number of nitrogens with one attached hydrogen (secondary N) is 1. The van der Waals surface area contributed by atoms with E-state index in [9.17, 15) is 4.79 Å². The van der Waals surface area contributed by atoms with E-state index in [1.807, 2.05) is 19.2 Å². The Labute approximate surface area is 201 Å². The van der Waals surface area contributed by atoms with E-state index in [0.29, 0.717) is 17.8 Å². The Kier molecular flexibility index (Phi) is 5.85. The standard InChI is InChI=1S/C26H26N6OS/c1-16-5-7-20(8-6-16)23-18(3)34-26-24(23)25(33)29-22(30-26)13-31(4)17(2)19-9-11-21(12-10-19)32-15-27-14-28-32/h5-12,14-15,17H,13H2,1-4H3,(H,29,30,33). The van der Waals surface area contributed by atoms with Gasteiger partial charge >= 0.3 is 0 Å². The van der Waals surface area contributed by atoms with Crippen molar-refractivity contribution in [1.82, 2.24) is 29.6 Å². The minimum absolute atomic E-state index is 0.0850. The molecule has 0 saturated heterocycles. The van der Waals surface area contributed by atoms with E-state index in [4.69, 9.17) is 4.98 Å². The fourth-order valence-electron chi connectivity index (χ4n) is 4.18. The summed E-state index contributed by atoms with van der Waals surface area (Å²) in [6, 6.07) is 16.7. The Morgan fingerprint density at radius 3 is 2.50 bits per heavy atom. The first-order chi connectivity index (χ1) is 16.4. The molecule has 0 radical (unpaired) electrons. The third kappa shape index (κ3) is 4.18. The monoisotopic (exact) mass is 470 g/mol. The number of thiophene rings is 1. The molecule has 3 heterocycles. The van der Waals surface area contributed by atoms with E-state index in [1.54, 1.807) is 22.3 Å². The molecular formula is C26H26N6OS. The Morgan fingerprint density at radius 1 is 1.09 bits per heavy atom. The number of aromatic amines is 1. The predicted molar refractivity (Wildman–Crippen MR) is 136 cm³/mol. The first-order valence-corrected chi connectivity index (χ1v) is 12.0. The van der Waals surface area contributed by atoms with Crippen LogP contribution < -0.4 is 5.56 Å². The minimum Gasteiger partial charge on any atom is -0.309 e. The van der Waals surface area contributed by atoms with E-state index in [0.717, 1.165) is 26.5 Å². The molecule has 1 atom stereocenters. The highest BCUT2D eigenvalue weighted by molar-refractivity contribution is 7.19. The van der Waals surface area contributed by atoms with Gasteiger partial charge in [0, 0.05) is 16.5 Å². The Hall–Kier alpha value is -3.62. The quantitative estimate of drug-likeness (QED) is 0.376. The lowest BCUT2D eigenvalue weighted by Gasteiger charge is -2.24. The molecular weight excluding hydrogens is 444 g/mol. The maximum absolute atomic E-state index is 13.1. The SMILES string of the molecule is Cc1ccc(-c2c(C)sc3nc(CN(C)C(C)c4ccc(-n5cncn5)cc4)[nH]c(=O)c23)cc1. The van der Waals surface area contributed by atoms with Gasteiger partial charge in [0.15, 0.2) is 0 Å². The van der Waals surface area contributed by atoms with Gasteiger partial charge in [-0.3, -0.25) is 9.69 Å². The van der Waals surface area contributed by atoms with Crippen LogP contribution in [0.4, 0.5) is 0 Å². The number of H-pyrrole nitrogens is 1. The van der Waals surface area contributed by atoms with Crippen molar-refractivity contribution in [3.05, 3.63) is 93.4 Å². The van der Waals surface area contributed by atoms with Crippen LogP contribution >= 0.6 is 11.3 Å². The molecule has 0 spiro atoms. The van der Waals surface area contributed by atoms with Crippen LogP contribution in [0.1, 0.15) is 34.8 Å². The first kappa shape index (κ1) is 22.2. The molecule has 172 valence electrons. The van der Waals surface area contributed by atoms with Crippen LogP contribution in [0.5, 0.6) is 0 Å². The molecule has 5 aromatic rings. The number of aryl methyl sites for hydroxylation is 2. The van der Waals surface area contributed by atoms with Crippen molar-refractivity contribution in [3.8, 4) is 16.8 Å². The van der Waals surface area contributed by atoms with Crippen molar-refractivity contribution in [3.63, 3.8) is 0 Å². The number of fused-ring (bicyclic) bond motifs is 1. The van der Waals surface area contributed by atoms with Crippen LogP contribution in [0, 0.1) is 13.8 Å². The van der Waals surface area contributed by atoms with Gasteiger partial charge in [-0.25, -0.2) is 14.6 Å². The smallest absolute Gasteiger partial charge is 0.260 e. The zero-order valence-electron chi connectivity index (χ0n) is 19.6. The van der Waals surface area contributed by atoms with Gasteiger partial charge in [0.1, 0.15) is 23.3 Å². The summed E-state index contributed by atoms with van der Waals surface area (Å²) in [5, 5.41) is 4.85. The highest BCUT2D eigenvalue weighted by atomic mass is 32.1. The van der Waals surface area contributed by atoms with Crippen LogP contribution in [-0.4, -0.2) is 36.7 Å². The molecule has 0 bridgehead atoms. The van der Waals surface area contributed by atoms with Gasteiger partial charge in [-0.05, 0) is 51.1 Å². The number of hydrogen-bond acceptors (Lipinski definition) is 6. The molecule has 5 rings (SSSR count). The van der Waals surface area contributed by atoms with Gasteiger partial charge < -0.3 is 4.98 Å². The molecule has 8 heteroatoms. The molecule has 7 nitrogen and oxygen atoms in total. The maximum atomic E-state index is 13.1. The zero-order valence-corrected chi connectivity index (χ0v) is 20.4. The lowest BCUT2D eigenvalue weighted by molar-refractivity contribution is 0.247. The Morgan fingerprint density at radius 2 is 1.82 bits per heavy atom. The highest BCUT2D eigenvalue weighted by Gasteiger charge is 2.18.